The molecular formula is C14H20N4O3. The van der Waals surface area contributed by atoms with Gasteiger partial charge >= 0.3 is 0 Å². The van der Waals surface area contributed by atoms with Gasteiger partial charge < -0.3 is 11.5 Å². The second-order valence-electron chi connectivity index (χ2n) is 5.54. The normalized spacial score (nSPS) is 16.8. The first-order valence-electron chi connectivity index (χ1n) is 6.99. The summed E-state index contributed by atoms with van der Waals surface area (Å²) in [4.78, 5) is 23.4. The van der Waals surface area contributed by atoms with Gasteiger partial charge in [0.2, 0.25) is 5.91 Å². The Labute approximate surface area is 123 Å². The van der Waals surface area contributed by atoms with Crippen LogP contribution < -0.4 is 11.5 Å². The Morgan fingerprint density at radius 2 is 2.05 bits per heavy atom. The van der Waals surface area contributed by atoms with Crippen molar-refractivity contribution in [1.82, 2.24) is 4.90 Å². The van der Waals surface area contributed by atoms with Crippen LogP contribution in [0.2, 0.25) is 0 Å². The maximum atomic E-state index is 10.9. The molecule has 21 heavy (non-hydrogen) atoms. The number of benzene rings is 1. The lowest BCUT2D eigenvalue weighted by Gasteiger charge is -2.31. The molecule has 0 spiro atoms. The third-order valence-electron chi connectivity index (χ3n) is 3.89. The zero-order valence-electron chi connectivity index (χ0n) is 11.8. The van der Waals surface area contributed by atoms with Gasteiger partial charge in [-0.2, -0.15) is 0 Å². The predicted molar refractivity (Wildman–Crippen MR) is 79.3 cm³/mol. The van der Waals surface area contributed by atoms with Crippen molar-refractivity contribution in [2.45, 2.75) is 25.8 Å². The molecule has 0 atom stereocenters. The first-order valence-corrected chi connectivity index (χ1v) is 6.99. The van der Waals surface area contributed by atoms with Crippen LogP contribution in [0.5, 0.6) is 0 Å². The summed E-state index contributed by atoms with van der Waals surface area (Å²) in [5, 5.41) is 10.7. The van der Waals surface area contributed by atoms with Gasteiger partial charge in [-0.3, -0.25) is 19.8 Å². The molecule has 1 fully saturated rings. The van der Waals surface area contributed by atoms with Gasteiger partial charge in [0.25, 0.3) is 5.69 Å². The van der Waals surface area contributed by atoms with E-state index in [0.717, 1.165) is 31.5 Å². The van der Waals surface area contributed by atoms with Gasteiger partial charge in [-0.1, -0.05) is 6.07 Å². The van der Waals surface area contributed by atoms with Crippen molar-refractivity contribution in [2.24, 2.45) is 11.7 Å². The Balaban J connectivity index is 1.90. The fourth-order valence-corrected chi connectivity index (χ4v) is 2.76. The number of nitrogen functional groups attached to an aromatic ring is 1. The minimum absolute atomic E-state index is 0.0566. The Bertz CT molecular complexity index is 539. The molecule has 1 aliphatic heterocycles. The molecule has 1 aliphatic rings. The maximum absolute atomic E-state index is 10.9. The number of nitro benzene ring substituents is 1. The number of primary amides is 1. The zero-order chi connectivity index (χ0) is 15.4. The average Bonchev–Trinajstić information content (AvgIpc) is 2.40. The SMILES string of the molecule is NC(=O)CC1CCN(Cc2ccc([N+](=O)[O-])c(N)c2)CC1. The van der Waals surface area contributed by atoms with Crippen LogP contribution in [0, 0.1) is 16.0 Å². The molecule has 1 heterocycles. The zero-order valence-corrected chi connectivity index (χ0v) is 11.8. The third kappa shape index (κ3) is 4.16. The van der Waals surface area contributed by atoms with Gasteiger partial charge in [0.15, 0.2) is 0 Å². The van der Waals surface area contributed by atoms with Gasteiger partial charge in [-0.15, -0.1) is 0 Å². The number of likely N-dealkylation sites (tertiary alicyclic amines) is 1. The molecule has 1 aromatic rings. The average molecular weight is 292 g/mol. The second kappa shape index (κ2) is 6.53. The minimum Gasteiger partial charge on any atom is -0.393 e. The van der Waals surface area contributed by atoms with Crippen LogP contribution in [0.25, 0.3) is 0 Å². The molecule has 7 heteroatoms. The summed E-state index contributed by atoms with van der Waals surface area (Å²) < 4.78 is 0. The Morgan fingerprint density at radius 3 is 2.57 bits per heavy atom. The Morgan fingerprint density at radius 1 is 1.38 bits per heavy atom. The van der Waals surface area contributed by atoms with Crippen LogP contribution in [-0.2, 0) is 11.3 Å². The van der Waals surface area contributed by atoms with Gasteiger partial charge in [0.1, 0.15) is 5.69 Å². The monoisotopic (exact) mass is 292 g/mol. The van der Waals surface area contributed by atoms with Crippen LogP contribution >= 0.6 is 0 Å². The summed E-state index contributed by atoms with van der Waals surface area (Å²) in [6.07, 6.45) is 2.36. The van der Waals surface area contributed by atoms with Crippen LogP contribution in [-0.4, -0.2) is 28.8 Å². The molecular weight excluding hydrogens is 272 g/mol. The van der Waals surface area contributed by atoms with E-state index >= 15 is 0 Å². The molecule has 1 saturated heterocycles. The first kappa shape index (κ1) is 15.2. The molecule has 0 unspecified atom stereocenters. The Kier molecular flexibility index (Phi) is 4.74. The lowest BCUT2D eigenvalue weighted by atomic mass is 9.93. The van der Waals surface area contributed by atoms with E-state index in [1.165, 1.54) is 6.07 Å². The molecule has 0 bridgehead atoms. The van der Waals surface area contributed by atoms with Crippen molar-refractivity contribution < 1.29 is 9.72 Å². The summed E-state index contributed by atoms with van der Waals surface area (Å²) in [5.74, 6) is 0.136. The number of hydrogen-bond acceptors (Lipinski definition) is 5. The molecule has 1 amide bonds. The molecule has 1 aromatic carbocycles. The quantitative estimate of drug-likeness (QED) is 0.481. The summed E-state index contributed by atoms with van der Waals surface area (Å²) in [6, 6.07) is 4.85. The van der Waals surface area contributed by atoms with Crippen LogP contribution in [0.4, 0.5) is 11.4 Å². The molecule has 7 nitrogen and oxygen atoms in total. The largest absolute Gasteiger partial charge is 0.393 e. The highest BCUT2D eigenvalue weighted by Crippen LogP contribution is 2.25. The molecule has 114 valence electrons. The standard InChI is InChI=1S/C14H20N4O3/c15-12-7-11(1-2-13(12)18(20)21)9-17-5-3-10(4-6-17)8-14(16)19/h1-2,7,10H,3-6,8-9,15H2,(H2,16,19). The van der Waals surface area contributed by atoms with E-state index in [-0.39, 0.29) is 17.3 Å². The molecule has 0 saturated carbocycles. The topological polar surface area (TPSA) is 115 Å². The summed E-state index contributed by atoms with van der Waals surface area (Å²) >= 11 is 0. The number of nitrogens with zero attached hydrogens (tertiary/aromatic N) is 2. The highest BCUT2D eigenvalue weighted by molar-refractivity contribution is 5.74. The number of amides is 1. The van der Waals surface area contributed by atoms with Crippen molar-refractivity contribution >= 4 is 17.3 Å². The van der Waals surface area contributed by atoms with E-state index < -0.39 is 4.92 Å². The summed E-state index contributed by atoms with van der Waals surface area (Å²) in [5.41, 5.74) is 12.0. The number of rotatable bonds is 5. The number of nitrogens with two attached hydrogens (primary N) is 2. The molecule has 0 radical (unpaired) electrons. The van der Waals surface area contributed by atoms with Crippen molar-refractivity contribution in [1.29, 1.82) is 0 Å². The number of piperidine rings is 1. The second-order valence-corrected chi connectivity index (χ2v) is 5.54. The first-order chi connectivity index (χ1) is 9.95. The fourth-order valence-electron chi connectivity index (χ4n) is 2.76. The smallest absolute Gasteiger partial charge is 0.292 e. The van der Waals surface area contributed by atoms with Crippen LogP contribution in [0.3, 0.4) is 0 Å². The number of carbonyl (C=O) groups excluding carboxylic acids is 1. The minimum atomic E-state index is -0.478. The molecule has 0 aromatic heterocycles. The van der Waals surface area contributed by atoms with E-state index in [0.29, 0.717) is 18.9 Å². The summed E-state index contributed by atoms with van der Waals surface area (Å²) in [6.45, 7) is 2.51. The van der Waals surface area contributed by atoms with E-state index in [1.807, 2.05) is 0 Å². The third-order valence-corrected chi connectivity index (χ3v) is 3.89. The van der Waals surface area contributed by atoms with E-state index in [9.17, 15) is 14.9 Å². The number of anilines is 1. The lowest BCUT2D eigenvalue weighted by Crippen LogP contribution is -2.34. The van der Waals surface area contributed by atoms with E-state index in [4.69, 9.17) is 11.5 Å². The van der Waals surface area contributed by atoms with E-state index in [1.54, 1.807) is 12.1 Å². The van der Waals surface area contributed by atoms with Gasteiger partial charge in [-0.25, -0.2) is 0 Å². The van der Waals surface area contributed by atoms with Crippen LogP contribution in [0.1, 0.15) is 24.8 Å². The fraction of sp³-hybridized carbons (Fsp3) is 0.500. The Hall–Kier alpha value is -2.15. The van der Waals surface area contributed by atoms with Crippen molar-refractivity contribution in [3.8, 4) is 0 Å². The van der Waals surface area contributed by atoms with Gasteiger partial charge in [0.05, 0.1) is 4.92 Å². The van der Waals surface area contributed by atoms with Crippen molar-refractivity contribution in [2.75, 3.05) is 18.8 Å². The molecule has 4 N–H and O–H groups in total. The predicted octanol–water partition coefficient (Wildman–Crippen LogP) is 1.26. The van der Waals surface area contributed by atoms with Gasteiger partial charge in [-0.05, 0) is 43.5 Å². The number of hydrogen-bond donors (Lipinski definition) is 2. The highest BCUT2D eigenvalue weighted by atomic mass is 16.6. The van der Waals surface area contributed by atoms with Gasteiger partial charge in [0, 0.05) is 19.0 Å². The highest BCUT2D eigenvalue weighted by Gasteiger charge is 2.21. The molecule has 0 aliphatic carbocycles. The lowest BCUT2D eigenvalue weighted by molar-refractivity contribution is -0.383. The number of carbonyl (C=O) groups is 1. The van der Waals surface area contributed by atoms with Crippen LogP contribution in [0.15, 0.2) is 18.2 Å². The van der Waals surface area contributed by atoms with Crippen molar-refractivity contribution in [3.05, 3.63) is 33.9 Å². The van der Waals surface area contributed by atoms with Crippen molar-refractivity contribution in [3.63, 3.8) is 0 Å². The number of nitro groups is 1. The maximum Gasteiger partial charge on any atom is 0.292 e. The summed E-state index contributed by atoms with van der Waals surface area (Å²) in [7, 11) is 0. The molecule has 2 rings (SSSR count). The van der Waals surface area contributed by atoms with E-state index in [2.05, 4.69) is 4.90 Å².